The van der Waals surface area contributed by atoms with Crippen LogP contribution in [0.25, 0.3) is 10.8 Å². The number of nitrogens with one attached hydrogen (secondary N) is 1. The molecule has 0 fully saturated rings. The zero-order valence-electron chi connectivity index (χ0n) is 10.1. The van der Waals surface area contributed by atoms with E-state index in [9.17, 15) is 0 Å². The number of fused-ring (bicyclic) bond motifs is 1. The second-order valence-corrected chi connectivity index (χ2v) is 5.30. The van der Waals surface area contributed by atoms with E-state index < -0.39 is 0 Å². The largest absolute Gasteiger partial charge is 0.380 e. The van der Waals surface area contributed by atoms with Gasteiger partial charge in [-0.05, 0) is 29.7 Å². The first-order valence-electron chi connectivity index (χ1n) is 5.92. The van der Waals surface area contributed by atoms with Gasteiger partial charge >= 0.3 is 0 Å². The molecule has 3 rings (SSSR count). The first-order valence-corrected chi connectivity index (χ1v) is 6.74. The first kappa shape index (κ1) is 11.7. The number of pyridine rings is 1. The molecule has 4 heteroatoms. The summed E-state index contributed by atoms with van der Waals surface area (Å²) in [5.41, 5.74) is 1.07. The van der Waals surface area contributed by atoms with E-state index in [1.165, 1.54) is 16.7 Å². The third kappa shape index (κ3) is 2.42. The molecule has 0 unspecified atom stereocenters. The number of rotatable bonds is 3. The van der Waals surface area contributed by atoms with Crippen LogP contribution in [0.2, 0.25) is 0 Å². The maximum Gasteiger partial charge on any atom is 0.110 e. The van der Waals surface area contributed by atoms with E-state index in [-0.39, 0.29) is 0 Å². The van der Waals surface area contributed by atoms with Crippen LogP contribution in [-0.4, -0.2) is 4.98 Å². The van der Waals surface area contributed by atoms with Crippen molar-refractivity contribution in [3.05, 3.63) is 58.5 Å². The predicted molar refractivity (Wildman–Crippen MR) is 78.1 cm³/mol. The second kappa shape index (κ2) is 5.09. The van der Waals surface area contributed by atoms with Crippen LogP contribution < -0.4 is 5.32 Å². The number of anilines is 1. The zero-order valence-corrected chi connectivity index (χ0v) is 10.9. The van der Waals surface area contributed by atoms with Crippen LogP contribution in [0.3, 0.4) is 0 Å². The van der Waals surface area contributed by atoms with Gasteiger partial charge in [-0.1, -0.05) is 12.1 Å². The molecule has 3 nitrogen and oxygen atoms in total. The van der Waals surface area contributed by atoms with Gasteiger partial charge in [0, 0.05) is 34.9 Å². The number of thiophene rings is 1. The maximum absolute atomic E-state index is 8.81. The van der Waals surface area contributed by atoms with Gasteiger partial charge in [-0.3, -0.25) is 4.98 Å². The Morgan fingerprint density at radius 1 is 1.21 bits per heavy atom. The van der Waals surface area contributed by atoms with Gasteiger partial charge < -0.3 is 5.32 Å². The van der Waals surface area contributed by atoms with Crippen LogP contribution in [0.1, 0.15) is 9.75 Å². The molecule has 2 heterocycles. The Morgan fingerprint density at radius 2 is 2.16 bits per heavy atom. The Labute approximate surface area is 115 Å². The normalized spacial score (nSPS) is 10.3. The number of benzene rings is 1. The lowest BCUT2D eigenvalue weighted by atomic mass is 10.1. The van der Waals surface area contributed by atoms with Crippen molar-refractivity contribution in [2.24, 2.45) is 0 Å². The van der Waals surface area contributed by atoms with Crippen molar-refractivity contribution in [2.75, 3.05) is 5.32 Å². The number of nitrogens with zero attached hydrogens (tertiary/aromatic N) is 2. The summed E-state index contributed by atoms with van der Waals surface area (Å²) in [5.74, 6) is 0. The SMILES string of the molecule is N#Cc1ccc(CNc2cccc3ccncc23)s1. The highest BCUT2D eigenvalue weighted by molar-refractivity contribution is 7.12. The molecule has 92 valence electrons. The minimum absolute atomic E-state index is 0.723. The van der Waals surface area contributed by atoms with E-state index in [0.717, 1.165) is 27.4 Å². The highest BCUT2D eigenvalue weighted by Crippen LogP contribution is 2.23. The Balaban J connectivity index is 1.84. The summed E-state index contributed by atoms with van der Waals surface area (Å²) >= 11 is 1.52. The molecule has 0 radical (unpaired) electrons. The Bertz CT molecular complexity index is 750. The van der Waals surface area contributed by atoms with Crippen LogP contribution in [0.5, 0.6) is 0 Å². The summed E-state index contributed by atoms with van der Waals surface area (Å²) in [4.78, 5) is 6.06. The summed E-state index contributed by atoms with van der Waals surface area (Å²) in [6, 6.07) is 14.1. The van der Waals surface area contributed by atoms with E-state index in [2.05, 4.69) is 22.4 Å². The summed E-state index contributed by atoms with van der Waals surface area (Å²) in [6.45, 7) is 0.723. The quantitative estimate of drug-likeness (QED) is 0.784. The molecule has 0 aliphatic heterocycles. The summed E-state index contributed by atoms with van der Waals surface area (Å²) < 4.78 is 0. The molecular weight excluding hydrogens is 254 g/mol. The standard InChI is InChI=1S/C15H11N3S/c16-8-12-4-5-13(19-12)9-18-15-3-1-2-11-6-7-17-10-14(11)15/h1-7,10,18H,9H2. The molecule has 1 N–H and O–H groups in total. The maximum atomic E-state index is 8.81. The van der Waals surface area contributed by atoms with E-state index in [1.54, 1.807) is 6.20 Å². The molecule has 0 spiro atoms. The van der Waals surface area contributed by atoms with Crippen molar-refractivity contribution < 1.29 is 0 Å². The average Bonchev–Trinajstić information content (AvgIpc) is 2.93. The second-order valence-electron chi connectivity index (χ2n) is 4.13. The van der Waals surface area contributed by atoms with Crippen LogP contribution in [0.4, 0.5) is 5.69 Å². The van der Waals surface area contributed by atoms with E-state index in [1.807, 2.05) is 36.5 Å². The Hall–Kier alpha value is -2.38. The fraction of sp³-hybridized carbons (Fsp3) is 0.0667. The molecule has 0 saturated carbocycles. The fourth-order valence-electron chi connectivity index (χ4n) is 1.98. The lowest BCUT2D eigenvalue weighted by Gasteiger charge is -2.08. The minimum atomic E-state index is 0.723. The van der Waals surface area contributed by atoms with Crippen LogP contribution in [-0.2, 0) is 6.54 Å². The van der Waals surface area contributed by atoms with E-state index in [0.29, 0.717) is 0 Å². The minimum Gasteiger partial charge on any atom is -0.380 e. The number of nitriles is 1. The average molecular weight is 265 g/mol. The van der Waals surface area contributed by atoms with Gasteiger partial charge in [0.1, 0.15) is 10.9 Å². The van der Waals surface area contributed by atoms with Gasteiger partial charge in [0.25, 0.3) is 0 Å². The third-order valence-corrected chi connectivity index (χ3v) is 3.90. The van der Waals surface area contributed by atoms with Crippen molar-refractivity contribution in [1.82, 2.24) is 4.98 Å². The molecular formula is C15H11N3S. The topological polar surface area (TPSA) is 48.7 Å². The molecule has 0 bridgehead atoms. The van der Waals surface area contributed by atoms with Crippen molar-refractivity contribution >= 4 is 27.8 Å². The number of hydrogen-bond acceptors (Lipinski definition) is 4. The molecule has 0 saturated heterocycles. The van der Waals surface area contributed by atoms with Gasteiger partial charge in [0.15, 0.2) is 0 Å². The van der Waals surface area contributed by atoms with Crippen LogP contribution in [0.15, 0.2) is 48.8 Å². The van der Waals surface area contributed by atoms with Gasteiger partial charge in [0.05, 0.1) is 0 Å². The first-order chi connectivity index (χ1) is 9.36. The van der Waals surface area contributed by atoms with Crippen molar-refractivity contribution in [1.29, 1.82) is 5.26 Å². The van der Waals surface area contributed by atoms with Gasteiger partial charge in [-0.25, -0.2) is 0 Å². The molecule has 3 aromatic rings. The lowest BCUT2D eigenvalue weighted by Crippen LogP contribution is -1.98. The molecule has 0 atom stereocenters. The Kier molecular flexibility index (Phi) is 3.13. The van der Waals surface area contributed by atoms with Crippen molar-refractivity contribution in [3.63, 3.8) is 0 Å². The monoisotopic (exact) mass is 265 g/mol. The Morgan fingerprint density at radius 3 is 3.00 bits per heavy atom. The molecule has 1 aromatic carbocycles. The third-order valence-electron chi connectivity index (χ3n) is 2.91. The summed E-state index contributed by atoms with van der Waals surface area (Å²) in [5, 5.41) is 14.5. The number of hydrogen-bond donors (Lipinski definition) is 1. The smallest absolute Gasteiger partial charge is 0.110 e. The van der Waals surface area contributed by atoms with Crippen molar-refractivity contribution in [3.8, 4) is 6.07 Å². The van der Waals surface area contributed by atoms with E-state index in [4.69, 9.17) is 5.26 Å². The van der Waals surface area contributed by atoms with Gasteiger partial charge in [0.2, 0.25) is 0 Å². The number of aromatic nitrogens is 1. The van der Waals surface area contributed by atoms with Crippen molar-refractivity contribution in [2.45, 2.75) is 6.54 Å². The molecule has 0 aliphatic rings. The summed E-state index contributed by atoms with van der Waals surface area (Å²) in [7, 11) is 0. The van der Waals surface area contributed by atoms with Crippen LogP contribution >= 0.6 is 11.3 Å². The highest BCUT2D eigenvalue weighted by Gasteiger charge is 2.02. The van der Waals surface area contributed by atoms with Gasteiger partial charge in [-0.2, -0.15) is 5.26 Å². The fourth-order valence-corrected chi connectivity index (χ4v) is 2.73. The van der Waals surface area contributed by atoms with E-state index >= 15 is 0 Å². The van der Waals surface area contributed by atoms with Gasteiger partial charge in [-0.15, -0.1) is 11.3 Å². The predicted octanol–water partition coefficient (Wildman–Crippen LogP) is 3.78. The summed E-state index contributed by atoms with van der Waals surface area (Å²) in [6.07, 6.45) is 3.66. The molecule has 0 amide bonds. The highest BCUT2D eigenvalue weighted by atomic mass is 32.1. The molecule has 19 heavy (non-hydrogen) atoms. The molecule has 2 aromatic heterocycles. The zero-order chi connectivity index (χ0) is 13.1. The lowest BCUT2D eigenvalue weighted by molar-refractivity contribution is 1.20. The molecule has 0 aliphatic carbocycles. The van der Waals surface area contributed by atoms with Crippen LogP contribution in [0, 0.1) is 11.3 Å².